The van der Waals surface area contributed by atoms with E-state index in [1.165, 1.54) is 62.3 Å². The van der Waals surface area contributed by atoms with Crippen LogP contribution in [0.2, 0.25) is 0 Å². The van der Waals surface area contributed by atoms with E-state index in [4.69, 9.17) is 72.2 Å². The van der Waals surface area contributed by atoms with E-state index in [1.54, 1.807) is 0 Å². The van der Waals surface area contributed by atoms with E-state index in [9.17, 15) is 28.8 Å². The molecule has 0 saturated carbocycles. The Morgan fingerprint density at radius 1 is 0.421 bits per heavy atom. The maximum atomic E-state index is 12.5. The molecule has 3 unspecified atom stereocenters. The zero-order valence-electron chi connectivity index (χ0n) is 34.0. The molecule has 0 bridgehead atoms. The van der Waals surface area contributed by atoms with Crippen molar-refractivity contribution < 1.29 is 199 Å². The van der Waals surface area contributed by atoms with Crippen molar-refractivity contribution in [3.63, 3.8) is 0 Å². The van der Waals surface area contributed by atoms with E-state index in [-0.39, 0.29) is 151 Å². The van der Waals surface area contributed by atoms with Crippen molar-refractivity contribution in [3.8, 4) is 0 Å². The van der Waals surface area contributed by atoms with Crippen LogP contribution >= 0.6 is 0 Å². The van der Waals surface area contributed by atoms with E-state index < -0.39 is 97.4 Å². The van der Waals surface area contributed by atoms with Crippen LogP contribution in [0.5, 0.6) is 0 Å². The van der Waals surface area contributed by atoms with E-state index in [0.29, 0.717) is 0 Å². The first-order valence-corrected chi connectivity index (χ1v) is 16.9. The third-order valence-electron chi connectivity index (χ3n) is 6.28. The molecule has 0 aromatic carbocycles. The standard InChI is InChI=1S/C33H56O21.3Y/c1-21(52-31(4,5)25(37)43-13-10-34)16-46-28(40)49-19-24(51-30(42)48-18-23(3)54-33(8,9)27(39)45-15-12-36)20-50-29(41)47-17-22(2)53-32(6,7)26(38)44-14-11-35;;;/h21-24,34-36H,10-20H2,1-9H3;;;. The van der Waals surface area contributed by atoms with E-state index in [0.717, 1.165) is 0 Å². The fourth-order valence-electron chi connectivity index (χ4n) is 3.94. The van der Waals surface area contributed by atoms with Crippen molar-refractivity contribution in [2.75, 3.05) is 72.7 Å². The number of hydrogen-bond acceptors (Lipinski definition) is 21. The molecule has 0 amide bonds. The number of rotatable bonds is 26. The smallest absolute Gasteiger partial charge is 0.461 e. The van der Waals surface area contributed by atoms with Gasteiger partial charge in [0.15, 0.2) is 22.9 Å². The molecule has 24 heteroatoms. The zero-order chi connectivity index (χ0) is 41.5. The summed E-state index contributed by atoms with van der Waals surface area (Å²) in [5, 5.41) is 26.5. The number of aliphatic hydroxyl groups excluding tert-OH is 3. The van der Waals surface area contributed by atoms with E-state index in [2.05, 4.69) is 0 Å². The summed E-state index contributed by atoms with van der Waals surface area (Å²) in [5.41, 5.74) is -4.35. The number of carbonyl (C=O) groups is 6. The third kappa shape index (κ3) is 29.2. The maximum absolute atomic E-state index is 12.5. The zero-order valence-corrected chi connectivity index (χ0v) is 42.5. The third-order valence-corrected chi connectivity index (χ3v) is 6.28. The number of carbonyl (C=O) groups excluding carboxylic acids is 6. The van der Waals surface area contributed by atoms with Crippen LogP contribution in [-0.4, -0.2) is 166 Å². The largest absolute Gasteiger partial charge is 0.508 e. The molecule has 0 aliphatic heterocycles. The van der Waals surface area contributed by atoms with Crippen LogP contribution in [0.15, 0.2) is 0 Å². The van der Waals surface area contributed by atoms with Gasteiger partial charge in [0.2, 0.25) is 0 Å². The number of aliphatic hydroxyl groups is 3. The number of esters is 3. The van der Waals surface area contributed by atoms with Crippen molar-refractivity contribution in [1.29, 1.82) is 0 Å². The molecule has 3 atom stereocenters. The van der Waals surface area contributed by atoms with Gasteiger partial charge in [-0.05, 0) is 62.3 Å². The average molecular weight is 1060 g/mol. The van der Waals surface area contributed by atoms with Crippen molar-refractivity contribution in [2.24, 2.45) is 0 Å². The Kier molecular flexibility index (Phi) is 36.4. The molecule has 0 aliphatic carbocycles. The second kappa shape index (κ2) is 33.0. The van der Waals surface area contributed by atoms with Gasteiger partial charge in [-0.3, -0.25) is 0 Å². The second-order valence-corrected chi connectivity index (χ2v) is 12.9. The van der Waals surface area contributed by atoms with Gasteiger partial charge in [0, 0.05) is 98.1 Å². The molecule has 0 aromatic heterocycles. The summed E-state index contributed by atoms with van der Waals surface area (Å²) in [6, 6.07) is 0. The topological polar surface area (TPSA) is 274 Å². The minimum Gasteiger partial charge on any atom is -0.461 e. The number of ether oxygens (including phenoxy) is 12. The summed E-state index contributed by atoms with van der Waals surface area (Å²) < 4.78 is 61.4. The minimum absolute atomic E-state index is 0. The summed E-state index contributed by atoms with van der Waals surface area (Å²) in [6.45, 7) is 8.50. The fraction of sp³-hybridized carbons (Fsp3) is 0.818. The van der Waals surface area contributed by atoms with Crippen LogP contribution in [0.4, 0.5) is 14.4 Å². The van der Waals surface area contributed by atoms with Gasteiger partial charge in [0.05, 0.1) is 38.1 Å². The second-order valence-electron chi connectivity index (χ2n) is 12.9. The SMILES string of the molecule is CC(COC(=O)OCC(COC(=O)OCC(C)OC(C)(C)C(=O)OCCO)OC(=O)OCC(C)OC(C)(C)C(=O)OCCO)OC(C)(C)C(=O)OCCO.[Y].[Y].[Y]. The van der Waals surface area contributed by atoms with Crippen LogP contribution in [-0.2, 0) is 169 Å². The molecule has 323 valence electrons. The van der Waals surface area contributed by atoms with Gasteiger partial charge in [-0.25, -0.2) is 28.8 Å². The van der Waals surface area contributed by atoms with Crippen LogP contribution < -0.4 is 0 Å². The maximum Gasteiger partial charge on any atom is 0.508 e. The molecule has 0 saturated heterocycles. The van der Waals surface area contributed by atoms with Gasteiger partial charge in [0.1, 0.15) is 52.9 Å². The molecule has 3 N–H and O–H groups in total. The first-order chi connectivity index (χ1) is 25.1. The molecular weight excluding hydrogens is 999 g/mol. The van der Waals surface area contributed by atoms with Crippen LogP contribution in [0.25, 0.3) is 0 Å². The summed E-state index contributed by atoms with van der Waals surface area (Å²) in [5.74, 6) is -2.28. The quantitative estimate of drug-likeness (QED) is 0.0804. The van der Waals surface area contributed by atoms with Gasteiger partial charge in [0.25, 0.3) is 0 Å². The first kappa shape index (κ1) is 62.9. The summed E-state index contributed by atoms with van der Waals surface area (Å²) in [6.07, 6.45) is -7.80. The molecular formula is C33H56O21Y3. The van der Waals surface area contributed by atoms with Crippen LogP contribution in [0.1, 0.15) is 62.3 Å². The van der Waals surface area contributed by atoms with Gasteiger partial charge >= 0.3 is 36.4 Å². The predicted molar refractivity (Wildman–Crippen MR) is 179 cm³/mol. The Labute approximate surface area is 407 Å². The van der Waals surface area contributed by atoms with E-state index in [1.807, 2.05) is 0 Å². The minimum atomic E-state index is -1.47. The molecule has 21 nitrogen and oxygen atoms in total. The molecule has 0 aromatic rings. The summed E-state index contributed by atoms with van der Waals surface area (Å²) in [4.78, 5) is 73.6. The van der Waals surface area contributed by atoms with Crippen molar-refractivity contribution in [3.05, 3.63) is 0 Å². The molecule has 3 radical (unpaired) electrons. The Hall–Kier alpha value is -0.708. The first-order valence-electron chi connectivity index (χ1n) is 16.9. The molecule has 0 fully saturated rings. The van der Waals surface area contributed by atoms with Crippen LogP contribution in [0, 0.1) is 0 Å². The van der Waals surface area contributed by atoms with Gasteiger partial charge in [-0.2, -0.15) is 0 Å². The predicted octanol–water partition coefficient (Wildman–Crippen LogP) is 0.965. The van der Waals surface area contributed by atoms with E-state index >= 15 is 0 Å². The van der Waals surface area contributed by atoms with Gasteiger partial charge in [-0.15, -0.1) is 0 Å². The average Bonchev–Trinajstić information content (AvgIpc) is 3.09. The normalized spacial score (nSPS) is 13.3. The van der Waals surface area contributed by atoms with Gasteiger partial charge in [-0.1, -0.05) is 0 Å². The van der Waals surface area contributed by atoms with Crippen molar-refractivity contribution in [2.45, 2.75) is 104 Å². The monoisotopic (exact) mass is 1060 g/mol. The molecule has 57 heavy (non-hydrogen) atoms. The molecule has 0 rings (SSSR count). The fourth-order valence-corrected chi connectivity index (χ4v) is 3.94. The summed E-state index contributed by atoms with van der Waals surface area (Å²) >= 11 is 0. The van der Waals surface area contributed by atoms with Gasteiger partial charge < -0.3 is 72.2 Å². The molecule has 0 spiro atoms. The Bertz CT molecular complexity index is 1130. The molecule has 0 aliphatic rings. The molecule has 0 heterocycles. The summed E-state index contributed by atoms with van der Waals surface area (Å²) in [7, 11) is 0. The Morgan fingerprint density at radius 3 is 0.930 bits per heavy atom. The van der Waals surface area contributed by atoms with Crippen molar-refractivity contribution >= 4 is 36.4 Å². The Morgan fingerprint density at radius 2 is 0.667 bits per heavy atom. The number of hydrogen-bond donors (Lipinski definition) is 3. The Balaban J connectivity index is -0.00000468. The van der Waals surface area contributed by atoms with Crippen molar-refractivity contribution in [1.82, 2.24) is 0 Å². The van der Waals surface area contributed by atoms with Crippen LogP contribution in [0.3, 0.4) is 0 Å².